The van der Waals surface area contributed by atoms with Crippen LogP contribution in [0.1, 0.15) is 22.8 Å². The third-order valence-electron chi connectivity index (χ3n) is 3.49. The Morgan fingerprint density at radius 3 is 2.95 bits per heavy atom. The highest BCUT2D eigenvalue weighted by molar-refractivity contribution is 5.94. The molecule has 2 atom stereocenters. The van der Waals surface area contributed by atoms with Crippen molar-refractivity contribution >= 4 is 5.91 Å². The molecule has 1 fully saturated rings. The number of nitrogens with zero attached hydrogens (tertiary/aromatic N) is 1. The van der Waals surface area contributed by atoms with E-state index >= 15 is 0 Å². The molecule has 0 aliphatic carbocycles. The Morgan fingerprint density at radius 1 is 1.53 bits per heavy atom. The Kier molecular flexibility index (Phi) is 4.52. The van der Waals surface area contributed by atoms with Crippen molar-refractivity contribution in [1.29, 1.82) is 0 Å². The van der Waals surface area contributed by atoms with Gasteiger partial charge in [0.25, 0.3) is 0 Å². The molecule has 0 radical (unpaired) electrons. The maximum Gasteiger partial charge on any atom is 0.249 e. The van der Waals surface area contributed by atoms with E-state index in [0.717, 1.165) is 5.56 Å². The molecule has 5 nitrogen and oxygen atoms in total. The molecular formula is C14H20N2O3. The van der Waals surface area contributed by atoms with E-state index in [2.05, 4.69) is 11.8 Å². The predicted octanol–water partition coefficient (Wildman–Crippen LogP) is 0.367. The Labute approximate surface area is 113 Å². The fraction of sp³-hybridized carbons (Fsp3) is 0.500. The number of aliphatic hydroxyl groups excluding tert-OH is 1. The number of morpholine rings is 1. The van der Waals surface area contributed by atoms with Gasteiger partial charge >= 0.3 is 0 Å². The van der Waals surface area contributed by atoms with Crippen molar-refractivity contribution < 1.29 is 14.6 Å². The highest BCUT2D eigenvalue weighted by Crippen LogP contribution is 2.17. The van der Waals surface area contributed by atoms with E-state index in [1.54, 1.807) is 6.07 Å². The van der Waals surface area contributed by atoms with E-state index in [4.69, 9.17) is 10.5 Å². The number of hydrogen-bond acceptors (Lipinski definition) is 4. The lowest BCUT2D eigenvalue weighted by Gasteiger charge is -2.37. The van der Waals surface area contributed by atoms with Gasteiger partial charge in [-0.25, -0.2) is 0 Å². The van der Waals surface area contributed by atoms with Crippen molar-refractivity contribution in [3.8, 4) is 0 Å². The van der Waals surface area contributed by atoms with Crippen LogP contribution in [0.15, 0.2) is 24.3 Å². The van der Waals surface area contributed by atoms with Gasteiger partial charge in [0.15, 0.2) is 0 Å². The standard InChI is InChI=1S/C14H20N2O3/c1-10-9-19-12(8-17)7-16(10)6-11-4-2-3-5-13(11)14(15)18/h2-5,10,12,17H,6-9H2,1H3,(H2,15,18). The van der Waals surface area contributed by atoms with Crippen LogP contribution in [0, 0.1) is 0 Å². The summed E-state index contributed by atoms with van der Waals surface area (Å²) in [5.41, 5.74) is 6.86. The molecule has 19 heavy (non-hydrogen) atoms. The van der Waals surface area contributed by atoms with E-state index in [9.17, 15) is 9.90 Å². The van der Waals surface area contributed by atoms with E-state index in [-0.39, 0.29) is 18.8 Å². The number of nitrogens with two attached hydrogens (primary N) is 1. The monoisotopic (exact) mass is 264 g/mol. The molecule has 1 heterocycles. The Balaban J connectivity index is 2.13. The molecule has 5 heteroatoms. The van der Waals surface area contributed by atoms with Crippen LogP contribution in [-0.2, 0) is 11.3 Å². The zero-order chi connectivity index (χ0) is 13.8. The van der Waals surface area contributed by atoms with Crippen LogP contribution in [-0.4, -0.2) is 47.8 Å². The van der Waals surface area contributed by atoms with Crippen molar-refractivity contribution in [3.05, 3.63) is 35.4 Å². The summed E-state index contributed by atoms with van der Waals surface area (Å²) in [6.45, 7) is 3.97. The summed E-state index contributed by atoms with van der Waals surface area (Å²) in [5.74, 6) is -0.407. The molecule has 1 amide bonds. The summed E-state index contributed by atoms with van der Waals surface area (Å²) in [6.07, 6.45) is -0.156. The van der Waals surface area contributed by atoms with Crippen molar-refractivity contribution in [2.24, 2.45) is 5.73 Å². The van der Waals surface area contributed by atoms with Crippen molar-refractivity contribution in [2.75, 3.05) is 19.8 Å². The first-order valence-electron chi connectivity index (χ1n) is 6.46. The SMILES string of the molecule is CC1COC(CO)CN1Cc1ccccc1C(N)=O. The molecule has 1 aromatic rings. The summed E-state index contributed by atoms with van der Waals surface area (Å²) >= 11 is 0. The van der Waals surface area contributed by atoms with Gasteiger partial charge in [0.2, 0.25) is 5.91 Å². The summed E-state index contributed by atoms with van der Waals surface area (Å²) in [7, 11) is 0. The number of carbonyl (C=O) groups is 1. The van der Waals surface area contributed by atoms with E-state index in [1.807, 2.05) is 18.2 Å². The fourth-order valence-electron chi connectivity index (χ4n) is 2.32. The average Bonchev–Trinajstić information content (AvgIpc) is 2.41. The second-order valence-corrected chi connectivity index (χ2v) is 4.94. The summed E-state index contributed by atoms with van der Waals surface area (Å²) < 4.78 is 5.50. The smallest absolute Gasteiger partial charge is 0.249 e. The van der Waals surface area contributed by atoms with Crippen molar-refractivity contribution in [2.45, 2.75) is 25.6 Å². The molecule has 1 saturated heterocycles. The number of carbonyl (C=O) groups excluding carboxylic acids is 1. The number of amides is 1. The zero-order valence-corrected chi connectivity index (χ0v) is 11.1. The van der Waals surface area contributed by atoms with Gasteiger partial charge in [0.05, 0.1) is 19.3 Å². The maximum atomic E-state index is 11.4. The largest absolute Gasteiger partial charge is 0.394 e. The highest BCUT2D eigenvalue weighted by Gasteiger charge is 2.26. The number of primary amides is 1. The number of ether oxygens (including phenoxy) is 1. The number of rotatable bonds is 4. The number of hydrogen-bond donors (Lipinski definition) is 2. The molecule has 104 valence electrons. The van der Waals surface area contributed by atoms with Gasteiger partial charge < -0.3 is 15.6 Å². The van der Waals surface area contributed by atoms with Crippen LogP contribution in [0.4, 0.5) is 0 Å². The molecule has 0 bridgehead atoms. The summed E-state index contributed by atoms with van der Waals surface area (Å²) in [6, 6.07) is 7.62. The van der Waals surface area contributed by atoms with Gasteiger partial charge in [-0.2, -0.15) is 0 Å². The third-order valence-corrected chi connectivity index (χ3v) is 3.49. The molecule has 0 aromatic heterocycles. The molecule has 0 spiro atoms. The first-order chi connectivity index (χ1) is 9.11. The number of benzene rings is 1. The summed E-state index contributed by atoms with van der Waals surface area (Å²) in [5, 5.41) is 9.18. The topological polar surface area (TPSA) is 75.8 Å². The lowest BCUT2D eigenvalue weighted by molar-refractivity contribution is -0.0805. The maximum absolute atomic E-state index is 11.4. The summed E-state index contributed by atoms with van der Waals surface area (Å²) in [4.78, 5) is 13.6. The Bertz CT molecular complexity index is 450. The van der Waals surface area contributed by atoms with Gasteiger partial charge in [-0.1, -0.05) is 18.2 Å². The molecule has 0 saturated carbocycles. The third kappa shape index (κ3) is 3.32. The van der Waals surface area contributed by atoms with E-state index in [1.165, 1.54) is 0 Å². The molecular weight excluding hydrogens is 244 g/mol. The second kappa shape index (κ2) is 6.14. The molecule has 2 unspecified atom stereocenters. The van der Waals surface area contributed by atoms with Gasteiger partial charge in [0, 0.05) is 24.7 Å². The Hall–Kier alpha value is -1.43. The molecule has 2 rings (SSSR count). The van der Waals surface area contributed by atoms with Gasteiger partial charge in [-0.15, -0.1) is 0 Å². The van der Waals surface area contributed by atoms with Crippen LogP contribution < -0.4 is 5.73 Å². The molecule has 3 N–H and O–H groups in total. The molecule has 1 aromatic carbocycles. The average molecular weight is 264 g/mol. The number of aliphatic hydroxyl groups is 1. The van der Waals surface area contributed by atoms with Crippen LogP contribution >= 0.6 is 0 Å². The van der Waals surface area contributed by atoms with Crippen LogP contribution in [0.25, 0.3) is 0 Å². The lowest BCUT2D eigenvalue weighted by Crippen LogP contribution is -2.49. The quantitative estimate of drug-likeness (QED) is 0.823. The minimum atomic E-state index is -0.407. The minimum Gasteiger partial charge on any atom is -0.394 e. The first kappa shape index (κ1) is 14.0. The normalized spacial score (nSPS) is 24.3. The van der Waals surface area contributed by atoms with Crippen molar-refractivity contribution in [1.82, 2.24) is 4.90 Å². The van der Waals surface area contributed by atoms with Crippen LogP contribution in [0.2, 0.25) is 0 Å². The van der Waals surface area contributed by atoms with E-state index in [0.29, 0.717) is 25.3 Å². The fourth-order valence-corrected chi connectivity index (χ4v) is 2.32. The lowest BCUT2D eigenvalue weighted by atomic mass is 10.0. The van der Waals surface area contributed by atoms with Crippen molar-refractivity contribution in [3.63, 3.8) is 0 Å². The zero-order valence-electron chi connectivity index (χ0n) is 11.1. The predicted molar refractivity (Wildman–Crippen MR) is 71.7 cm³/mol. The van der Waals surface area contributed by atoms with Gasteiger partial charge in [0.1, 0.15) is 0 Å². The molecule has 1 aliphatic heterocycles. The van der Waals surface area contributed by atoms with Crippen LogP contribution in [0.5, 0.6) is 0 Å². The Morgan fingerprint density at radius 2 is 2.26 bits per heavy atom. The van der Waals surface area contributed by atoms with E-state index < -0.39 is 5.91 Å². The minimum absolute atomic E-state index is 0.0146. The molecule has 1 aliphatic rings. The van der Waals surface area contributed by atoms with Gasteiger partial charge in [-0.05, 0) is 18.6 Å². The highest BCUT2D eigenvalue weighted by atomic mass is 16.5. The van der Waals surface area contributed by atoms with Crippen LogP contribution in [0.3, 0.4) is 0 Å². The first-order valence-corrected chi connectivity index (χ1v) is 6.46. The van der Waals surface area contributed by atoms with Gasteiger partial charge in [-0.3, -0.25) is 9.69 Å². The second-order valence-electron chi connectivity index (χ2n) is 4.94.